The molecule has 5 nitrogen and oxygen atoms in total. The number of carbonyl (C=O) groups excluding carboxylic acids is 2. The molecule has 0 aromatic heterocycles. The zero-order valence-electron chi connectivity index (χ0n) is 18.3. The molecule has 1 N–H and O–H groups in total. The van der Waals surface area contributed by atoms with Gasteiger partial charge in [0, 0.05) is 25.0 Å². The standard InChI is InChI=1S/C21H39NO4Si/c1-15(16(2)17(3)26-27(7,8)21(4,5)6)13-18(23)14-19(24)22-20-11-9-10-12-25-20/h16-17,20H,1,9-14H2,2-8H3,(H,22,24)/t16-,17-,20?/m0/s1. The van der Waals surface area contributed by atoms with Crippen molar-refractivity contribution in [2.45, 2.75) is 97.2 Å². The van der Waals surface area contributed by atoms with E-state index in [0.29, 0.717) is 6.61 Å². The summed E-state index contributed by atoms with van der Waals surface area (Å²) in [6, 6.07) is 0. The Labute approximate surface area is 166 Å². The van der Waals surface area contributed by atoms with Crippen LogP contribution < -0.4 is 5.32 Å². The van der Waals surface area contributed by atoms with Gasteiger partial charge in [0.25, 0.3) is 0 Å². The number of carbonyl (C=O) groups is 2. The van der Waals surface area contributed by atoms with Crippen LogP contribution in [0.25, 0.3) is 0 Å². The molecule has 1 unspecified atom stereocenters. The Morgan fingerprint density at radius 2 is 1.85 bits per heavy atom. The highest BCUT2D eigenvalue weighted by atomic mass is 28.4. The van der Waals surface area contributed by atoms with E-state index in [-0.39, 0.29) is 47.8 Å². The van der Waals surface area contributed by atoms with Gasteiger partial charge in [-0.15, -0.1) is 0 Å². The largest absolute Gasteiger partial charge is 0.414 e. The molecule has 1 aliphatic heterocycles. The van der Waals surface area contributed by atoms with Crippen molar-refractivity contribution in [3.05, 3.63) is 12.2 Å². The average Bonchev–Trinajstić information content (AvgIpc) is 2.53. The highest BCUT2D eigenvalue weighted by Crippen LogP contribution is 2.38. The van der Waals surface area contributed by atoms with Gasteiger partial charge in [-0.1, -0.05) is 39.8 Å². The molecule has 27 heavy (non-hydrogen) atoms. The highest BCUT2D eigenvalue weighted by molar-refractivity contribution is 6.74. The Bertz CT molecular complexity index is 533. The summed E-state index contributed by atoms with van der Waals surface area (Å²) in [7, 11) is -1.87. The number of rotatable bonds is 9. The minimum Gasteiger partial charge on any atom is -0.414 e. The van der Waals surface area contributed by atoms with E-state index in [9.17, 15) is 9.59 Å². The lowest BCUT2D eigenvalue weighted by Gasteiger charge is -2.40. The monoisotopic (exact) mass is 397 g/mol. The number of ketones is 1. The summed E-state index contributed by atoms with van der Waals surface area (Å²) in [5.74, 6) is -0.314. The number of ether oxygens (including phenoxy) is 1. The van der Waals surface area contributed by atoms with Gasteiger partial charge in [0.2, 0.25) is 5.91 Å². The maximum absolute atomic E-state index is 12.3. The SMILES string of the molecule is C=C(CC(=O)CC(=O)NC1CCCCO1)[C@H](C)[C@H](C)O[Si](C)(C)C(C)(C)C. The van der Waals surface area contributed by atoms with Gasteiger partial charge in [0.05, 0.1) is 6.42 Å². The van der Waals surface area contributed by atoms with Gasteiger partial charge in [-0.05, 0) is 44.3 Å². The molecule has 0 aliphatic carbocycles. The van der Waals surface area contributed by atoms with Crippen LogP contribution in [0.2, 0.25) is 18.1 Å². The second-order valence-electron chi connectivity index (χ2n) is 9.35. The topological polar surface area (TPSA) is 64.6 Å². The van der Waals surface area contributed by atoms with Crippen LogP contribution in [0.15, 0.2) is 12.2 Å². The van der Waals surface area contributed by atoms with E-state index in [1.54, 1.807) is 0 Å². The minimum atomic E-state index is -1.87. The van der Waals surface area contributed by atoms with Crippen molar-refractivity contribution >= 4 is 20.0 Å². The number of Topliss-reactive ketones (excluding diaryl/α,β-unsaturated/α-hetero) is 1. The molecule has 0 aromatic carbocycles. The second-order valence-corrected chi connectivity index (χ2v) is 14.1. The molecule has 0 radical (unpaired) electrons. The molecule has 0 aromatic rings. The number of hydrogen-bond acceptors (Lipinski definition) is 4. The van der Waals surface area contributed by atoms with E-state index in [2.05, 4.69) is 45.8 Å². The van der Waals surface area contributed by atoms with E-state index >= 15 is 0 Å². The Kier molecular flexibility index (Phi) is 8.90. The third-order valence-electron chi connectivity index (χ3n) is 5.92. The number of hydrogen-bond donors (Lipinski definition) is 1. The Morgan fingerprint density at radius 1 is 1.22 bits per heavy atom. The van der Waals surface area contributed by atoms with Gasteiger partial charge in [0.15, 0.2) is 8.32 Å². The molecule has 1 heterocycles. The molecule has 1 aliphatic rings. The summed E-state index contributed by atoms with van der Waals surface area (Å²) in [6.45, 7) is 19.9. The van der Waals surface area contributed by atoms with Gasteiger partial charge in [-0.25, -0.2) is 0 Å². The Hall–Kier alpha value is -0.983. The highest BCUT2D eigenvalue weighted by Gasteiger charge is 2.39. The van der Waals surface area contributed by atoms with Crippen molar-refractivity contribution in [1.82, 2.24) is 5.32 Å². The lowest BCUT2D eigenvalue weighted by atomic mass is 9.93. The van der Waals surface area contributed by atoms with Gasteiger partial charge in [-0.3, -0.25) is 9.59 Å². The molecular weight excluding hydrogens is 358 g/mol. The fourth-order valence-electron chi connectivity index (χ4n) is 2.82. The lowest BCUT2D eigenvalue weighted by molar-refractivity contribution is -0.131. The Morgan fingerprint density at radius 3 is 2.37 bits per heavy atom. The average molecular weight is 398 g/mol. The Balaban J connectivity index is 2.46. The van der Waals surface area contributed by atoms with Crippen LogP contribution in [0.5, 0.6) is 0 Å². The van der Waals surface area contributed by atoms with Crippen LogP contribution in [0, 0.1) is 5.92 Å². The first-order valence-electron chi connectivity index (χ1n) is 10.1. The van der Waals surface area contributed by atoms with Crippen molar-refractivity contribution in [2.24, 2.45) is 5.92 Å². The van der Waals surface area contributed by atoms with E-state index in [1.807, 2.05) is 13.8 Å². The summed E-state index contributed by atoms with van der Waals surface area (Å²) in [4.78, 5) is 24.3. The molecule has 3 atom stereocenters. The van der Waals surface area contributed by atoms with E-state index in [1.165, 1.54) is 0 Å². The maximum atomic E-state index is 12.3. The molecule has 0 spiro atoms. The van der Waals surface area contributed by atoms with Crippen LogP contribution >= 0.6 is 0 Å². The molecular formula is C21H39NO4Si. The predicted octanol–water partition coefficient (Wildman–Crippen LogP) is 4.58. The molecule has 1 saturated heterocycles. The van der Waals surface area contributed by atoms with Crippen molar-refractivity contribution in [3.63, 3.8) is 0 Å². The van der Waals surface area contributed by atoms with E-state index in [4.69, 9.17) is 9.16 Å². The summed E-state index contributed by atoms with van der Waals surface area (Å²) >= 11 is 0. The summed E-state index contributed by atoms with van der Waals surface area (Å²) in [5, 5.41) is 2.93. The molecule has 0 saturated carbocycles. The molecule has 1 fully saturated rings. The number of nitrogens with one attached hydrogen (secondary N) is 1. The van der Waals surface area contributed by atoms with Crippen LogP contribution in [0.4, 0.5) is 0 Å². The first kappa shape index (κ1) is 24.1. The summed E-state index contributed by atoms with van der Waals surface area (Å²) in [5.41, 5.74) is 0.827. The third kappa shape index (κ3) is 7.88. The zero-order valence-corrected chi connectivity index (χ0v) is 19.3. The summed E-state index contributed by atoms with van der Waals surface area (Å²) < 4.78 is 11.9. The van der Waals surface area contributed by atoms with E-state index in [0.717, 1.165) is 24.8 Å². The van der Waals surface area contributed by atoms with Crippen molar-refractivity contribution in [2.75, 3.05) is 6.61 Å². The quantitative estimate of drug-likeness (QED) is 0.351. The molecule has 1 rings (SSSR count). The van der Waals surface area contributed by atoms with E-state index < -0.39 is 8.32 Å². The fraction of sp³-hybridized carbons (Fsp3) is 0.810. The third-order valence-corrected chi connectivity index (χ3v) is 10.5. The first-order chi connectivity index (χ1) is 12.3. The van der Waals surface area contributed by atoms with Crippen LogP contribution in [0.1, 0.15) is 66.7 Å². The lowest BCUT2D eigenvalue weighted by Crippen LogP contribution is -2.44. The minimum absolute atomic E-state index is 0.00402. The normalized spacial score (nSPS) is 20.6. The van der Waals surface area contributed by atoms with Gasteiger partial charge < -0.3 is 14.5 Å². The fourth-order valence-corrected chi connectivity index (χ4v) is 4.30. The van der Waals surface area contributed by atoms with Crippen molar-refractivity contribution < 1.29 is 18.8 Å². The summed E-state index contributed by atoms with van der Waals surface area (Å²) in [6.07, 6.45) is 2.72. The van der Waals surface area contributed by atoms with Crippen molar-refractivity contribution in [1.29, 1.82) is 0 Å². The predicted molar refractivity (Wildman–Crippen MR) is 112 cm³/mol. The van der Waals surface area contributed by atoms with Crippen LogP contribution in [-0.2, 0) is 18.8 Å². The van der Waals surface area contributed by atoms with Gasteiger partial charge in [-0.2, -0.15) is 0 Å². The molecule has 156 valence electrons. The molecule has 6 heteroatoms. The molecule has 1 amide bonds. The van der Waals surface area contributed by atoms with Gasteiger partial charge in [0.1, 0.15) is 12.0 Å². The first-order valence-corrected chi connectivity index (χ1v) is 13.0. The second kappa shape index (κ2) is 9.98. The van der Waals surface area contributed by atoms with Crippen molar-refractivity contribution in [3.8, 4) is 0 Å². The molecule has 0 bridgehead atoms. The smallest absolute Gasteiger partial charge is 0.229 e. The zero-order chi connectivity index (χ0) is 20.8. The van der Waals surface area contributed by atoms with Crippen LogP contribution in [-0.4, -0.2) is 38.9 Å². The van der Waals surface area contributed by atoms with Crippen LogP contribution in [0.3, 0.4) is 0 Å². The number of amides is 1. The van der Waals surface area contributed by atoms with Gasteiger partial charge >= 0.3 is 0 Å². The maximum Gasteiger partial charge on any atom is 0.229 e.